The van der Waals surface area contributed by atoms with Gasteiger partial charge in [-0.2, -0.15) is 5.10 Å². The quantitative estimate of drug-likeness (QED) is 0.666. The molecular weight excluding hydrogens is 421 g/mol. The van der Waals surface area contributed by atoms with E-state index < -0.39 is 16.7 Å². The number of benzene rings is 2. The van der Waals surface area contributed by atoms with Gasteiger partial charge in [0.2, 0.25) is 0 Å². The first-order valence-electron chi connectivity index (χ1n) is 8.33. The van der Waals surface area contributed by atoms with E-state index in [1.807, 2.05) is 12.1 Å². The Hall–Kier alpha value is -2.35. The van der Waals surface area contributed by atoms with Crippen molar-refractivity contribution < 1.29 is 13.7 Å². The van der Waals surface area contributed by atoms with Crippen molar-refractivity contribution in [1.82, 2.24) is 9.78 Å². The summed E-state index contributed by atoms with van der Waals surface area (Å²) in [7, 11) is 0.561. The van der Waals surface area contributed by atoms with Crippen LogP contribution in [0.3, 0.4) is 0 Å². The Bertz CT molecular complexity index is 1100. The Morgan fingerprint density at radius 2 is 1.93 bits per heavy atom. The molecule has 0 spiro atoms. The molecule has 0 bridgehead atoms. The largest absolute Gasteiger partial charge is 0.497 e. The third-order valence-corrected chi connectivity index (χ3v) is 6.16. The molecule has 28 heavy (non-hydrogen) atoms. The molecule has 2 aromatic carbocycles. The zero-order valence-electron chi connectivity index (χ0n) is 14.7. The number of carbonyl (C=O) groups is 1. The lowest BCUT2D eigenvalue weighted by Crippen LogP contribution is -2.17. The van der Waals surface area contributed by atoms with Crippen molar-refractivity contribution in [3.05, 3.63) is 69.3 Å². The number of ether oxygens (including phenoxy) is 1. The second-order valence-electron chi connectivity index (χ2n) is 6.19. The van der Waals surface area contributed by atoms with Gasteiger partial charge >= 0.3 is 0 Å². The maximum Gasteiger partial charge on any atom is 0.258 e. The van der Waals surface area contributed by atoms with Crippen molar-refractivity contribution >= 4 is 45.7 Å². The molecule has 1 atom stereocenters. The second kappa shape index (κ2) is 7.58. The molecule has 1 N–H and O–H groups in total. The van der Waals surface area contributed by atoms with Crippen molar-refractivity contribution in [1.29, 1.82) is 0 Å². The zero-order chi connectivity index (χ0) is 19.8. The smallest absolute Gasteiger partial charge is 0.258 e. The van der Waals surface area contributed by atoms with E-state index in [2.05, 4.69) is 10.4 Å². The summed E-state index contributed by atoms with van der Waals surface area (Å²) in [6.07, 6.45) is 0. The summed E-state index contributed by atoms with van der Waals surface area (Å²) in [6.45, 7) is 0. The minimum atomic E-state index is -1.03. The van der Waals surface area contributed by atoms with Gasteiger partial charge in [-0.15, -0.1) is 0 Å². The summed E-state index contributed by atoms with van der Waals surface area (Å²) in [6, 6.07) is 12.0. The minimum Gasteiger partial charge on any atom is -0.497 e. The fraction of sp³-hybridized carbons (Fsp3) is 0.158. The predicted molar refractivity (Wildman–Crippen MR) is 110 cm³/mol. The van der Waals surface area contributed by atoms with Crippen LogP contribution in [0.25, 0.3) is 5.69 Å². The molecule has 1 aliphatic heterocycles. The van der Waals surface area contributed by atoms with Crippen LogP contribution < -0.4 is 10.1 Å². The number of fused-ring (bicyclic) bond motifs is 1. The monoisotopic (exact) mass is 435 g/mol. The van der Waals surface area contributed by atoms with E-state index in [-0.39, 0.29) is 10.6 Å². The third-order valence-electron chi connectivity index (χ3n) is 4.39. The van der Waals surface area contributed by atoms with Crippen LogP contribution in [0, 0.1) is 0 Å². The number of anilines is 1. The average molecular weight is 436 g/mol. The highest BCUT2D eigenvalue weighted by atomic mass is 35.5. The van der Waals surface area contributed by atoms with Crippen molar-refractivity contribution in [3.63, 3.8) is 0 Å². The van der Waals surface area contributed by atoms with E-state index in [0.29, 0.717) is 33.8 Å². The number of hydrogen-bond donors (Lipinski definition) is 1. The normalized spacial score (nSPS) is 15.3. The van der Waals surface area contributed by atoms with Crippen molar-refractivity contribution in [3.8, 4) is 11.4 Å². The SMILES string of the molecule is COc1ccc(-n2nc3c(c2NC(=O)c2cc(Cl)ccc2Cl)CS(=O)C3)cc1. The van der Waals surface area contributed by atoms with Crippen molar-refractivity contribution in [2.45, 2.75) is 11.5 Å². The Balaban J connectivity index is 1.75. The van der Waals surface area contributed by atoms with E-state index in [9.17, 15) is 9.00 Å². The molecule has 3 aromatic rings. The number of halogens is 2. The van der Waals surface area contributed by atoms with Gasteiger partial charge in [-0.1, -0.05) is 23.2 Å². The lowest BCUT2D eigenvalue weighted by atomic mass is 10.2. The molecule has 0 fully saturated rings. The molecule has 0 aliphatic carbocycles. The molecule has 0 saturated heterocycles. The van der Waals surface area contributed by atoms with Gasteiger partial charge in [-0.3, -0.25) is 9.00 Å². The van der Waals surface area contributed by atoms with Crippen LogP contribution in [0.4, 0.5) is 5.82 Å². The Morgan fingerprint density at radius 1 is 1.18 bits per heavy atom. The number of hydrogen-bond acceptors (Lipinski definition) is 4. The van der Waals surface area contributed by atoms with Crippen LogP contribution in [0.1, 0.15) is 21.6 Å². The van der Waals surface area contributed by atoms with Gasteiger partial charge in [-0.05, 0) is 42.5 Å². The zero-order valence-corrected chi connectivity index (χ0v) is 17.1. The Labute approximate surface area is 173 Å². The van der Waals surface area contributed by atoms with E-state index >= 15 is 0 Å². The topological polar surface area (TPSA) is 73.2 Å². The van der Waals surface area contributed by atoms with Gasteiger partial charge in [0.15, 0.2) is 0 Å². The lowest BCUT2D eigenvalue weighted by molar-refractivity contribution is 0.102. The van der Waals surface area contributed by atoms with Gasteiger partial charge in [0.25, 0.3) is 5.91 Å². The van der Waals surface area contributed by atoms with Crippen LogP contribution in [0.5, 0.6) is 5.75 Å². The van der Waals surface area contributed by atoms with Gasteiger partial charge in [0.05, 0.1) is 40.6 Å². The Kier molecular flexibility index (Phi) is 5.14. The average Bonchev–Trinajstić information content (AvgIpc) is 3.20. The maximum atomic E-state index is 12.9. The van der Waals surface area contributed by atoms with E-state index in [1.54, 1.807) is 36.1 Å². The Morgan fingerprint density at radius 3 is 2.64 bits per heavy atom. The first-order chi connectivity index (χ1) is 13.5. The first-order valence-corrected chi connectivity index (χ1v) is 10.6. The van der Waals surface area contributed by atoms with Crippen LogP contribution in [-0.2, 0) is 22.3 Å². The molecule has 0 saturated carbocycles. The summed E-state index contributed by atoms with van der Waals surface area (Å²) in [5.41, 5.74) is 2.47. The fourth-order valence-corrected chi connectivity index (χ4v) is 4.65. The lowest BCUT2D eigenvalue weighted by Gasteiger charge is -2.12. The van der Waals surface area contributed by atoms with Crippen molar-refractivity contribution in [2.24, 2.45) is 0 Å². The molecule has 1 aromatic heterocycles. The highest BCUT2D eigenvalue weighted by Crippen LogP contribution is 2.32. The number of amides is 1. The molecular formula is C19H15Cl2N3O3S. The molecule has 0 radical (unpaired) electrons. The molecule has 6 nitrogen and oxygen atoms in total. The van der Waals surface area contributed by atoms with Gasteiger partial charge in [0.1, 0.15) is 11.6 Å². The van der Waals surface area contributed by atoms with Gasteiger partial charge in [-0.25, -0.2) is 4.68 Å². The molecule has 4 rings (SSSR count). The van der Waals surface area contributed by atoms with Crippen LogP contribution in [0.2, 0.25) is 10.0 Å². The number of nitrogens with zero attached hydrogens (tertiary/aromatic N) is 2. The summed E-state index contributed by atoms with van der Waals surface area (Å²) < 4.78 is 18.8. The van der Waals surface area contributed by atoms with Crippen LogP contribution in [-0.4, -0.2) is 27.0 Å². The highest BCUT2D eigenvalue weighted by molar-refractivity contribution is 7.83. The molecule has 1 amide bonds. The van der Waals surface area contributed by atoms with E-state index in [0.717, 1.165) is 11.3 Å². The van der Waals surface area contributed by atoms with Gasteiger partial charge in [0, 0.05) is 21.4 Å². The van der Waals surface area contributed by atoms with Crippen LogP contribution in [0.15, 0.2) is 42.5 Å². The third kappa shape index (κ3) is 3.53. The summed E-state index contributed by atoms with van der Waals surface area (Å²) in [5, 5.41) is 8.13. The molecule has 1 aliphatic rings. The first kappa shape index (κ1) is 19.0. The summed E-state index contributed by atoms with van der Waals surface area (Å²) >= 11 is 12.2. The van der Waals surface area contributed by atoms with E-state index in [4.69, 9.17) is 27.9 Å². The maximum absolute atomic E-state index is 12.9. The number of aromatic nitrogens is 2. The van der Waals surface area contributed by atoms with Crippen molar-refractivity contribution in [2.75, 3.05) is 12.4 Å². The number of nitrogens with one attached hydrogen (secondary N) is 1. The second-order valence-corrected chi connectivity index (χ2v) is 8.49. The summed E-state index contributed by atoms with van der Waals surface area (Å²) in [5.74, 6) is 1.47. The minimum absolute atomic E-state index is 0.254. The number of methoxy groups -OCH3 is 1. The predicted octanol–water partition coefficient (Wildman–Crippen LogP) is 4.20. The fourth-order valence-electron chi connectivity index (χ4n) is 3.01. The number of rotatable bonds is 4. The summed E-state index contributed by atoms with van der Waals surface area (Å²) in [4.78, 5) is 12.9. The molecule has 1 unspecified atom stereocenters. The number of carbonyl (C=O) groups excluding carboxylic acids is 1. The molecule has 2 heterocycles. The van der Waals surface area contributed by atoms with Crippen LogP contribution >= 0.6 is 23.2 Å². The molecule has 9 heteroatoms. The standard InChI is InChI=1S/C19H15Cl2N3O3S/c1-27-13-5-3-12(4-6-13)24-18(15-9-28(26)10-17(15)23-24)22-19(25)14-8-11(20)2-7-16(14)21/h2-8H,9-10H2,1H3,(H,22,25). The van der Waals surface area contributed by atoms with Gasteiger partial charge < -0.3 is 10.1 Å². The van der Waals surface area contributed by atoms with E-state index in [1.165, 1.54) is 6.07 Å². The highest BCUT2D eigenvalue weighted by Gasteiger charge is 2.29. The molecule has 144 valence electrons.